The van der Waals surface area contributed by atoms with Gasteiger partial charge >= 0.3 is 0 Å². The number of rotatable bonds is 4. The van der Waals surface area contributed by atoms with Crippen molar-refractivity contribution in [1.82, 2.24) is 20.0 Å². The molecule has 1 aromatic carbocycles. The molecule has 0 aliphatic carbocycles. The van der Waals surface area contributed by atoms with Gasteiger partial charge < -0.3 is 16.0 Å². The van der Waals surface area contributed by atoms with Gasteiger partial charge in [0.2, 0.25) is 5.91 Å². The molecule has 0 bridgehead atoms. The van der Waals surface area contributed by atoms with E-state index in [2.05, 4.69) is 10.4 Å². The Kier molecular flexibility index (Phi) is 4.03. The van der Waals surface area contributed by atoms with Crippen molar-refractivity contribution in [3.63, 3.8) is 0 Å². The quantitative estimate of drug-likeness (QED) is 0.819. The van der Waals surface area contributed by atoms with Crippen LogP contribution in [0.1, 0.15) is 27.4 Å². The molecule has 1 aliphatic rings. The first-order chi connectivity index (χ1) is 11.5. The Morgan fingerprint density at radius 1 is 1.29 bits per heavy atom. The predicted molar refractivity (Wildman–Crippen MR) is 85.6 cm³/mol. The van der Waals surface area contributed by atoms with E-state index in [0.717, 1.165) is 0 Å². The van der Waals surface area contributed by atoms with Crippen molar-refractivity contribution in [2.45, 2.75) is 12.5 Å². The number of benzene rings is 1. The Bertz CT molecular complexity index is 799. The number of para-hydroxylation sites is 1. The highest BCUT2D eigenvalue weighted by atomic mass is 16.2. The molecular formula is C16H17N5O3. The van der Waals surface area contributed by atoms with Crippen LogP contribution in [0.5, 0.6) is 0 Å². The van der Waals surface area contributed by atoms with Crippen molar-refractivity contribution in [3.05, 3.63) is 47.8 Å². The minimum atomic E-state index is -0.679. The summed E-state index contributed by atoms with van der Waals surface area (Å²) in [6, 6.07) is 10.0. The number of nitrogens with two attached hydrogens (primary N) is 1. The molecule has 1 atom stereocenters. The molecule has 1 saturated heterocycles. The Balaban J connectivity index is 1.85. The molecule has 1 aromatic heterocycles. The normalized spacial score (nSPS) is 17.1. The van der Waals surface area contributed by atoms with Gasteiger partial charge in [0, 0.05) is 26.1 Å². The maximum absolute atomic E-state index is 12.4. The van der Waals surface area contributed by atoms with Gasteiger partial charge in [0.1, 0.15) is 5.69 Å². The third-order valence-electron chi connectivity index (χ3n) is 3.87. The van der Waals surface area contributed by atoms with Crippen LogP contribution in [0.2, 0.25) is 0 Å². The summed E-state index contributed by atoms with van der Waals surface area (Å²) in [6.45, 7) is 0.451. The van der Waals surface area contributed by atoms with E-state index in [9.17, 15) is 14.4 Å². The summed E-state index contributed by atoms with van der Waals surface area (Å²) in [5.74, 6) is -1.14. The number of primary amides is 1. The molecule has 1 unspecified atom stereocenters. The van der Waals surface area contributed by atoms with Gasteiger partial charge in [-0.3, -0.25) is 14.4 Å². The molecule has 1 aliphatic heterocycles. The molecule has 2 aromatic rings. The van der Waals surface area contributed by atoms with Gasteiger partial charge in [-0.05, 0) is 12.1 Å². The molecule has 3 N–H and O–H groups in total. The number of carbonyl (C=O) groups excluding carboxylic acids is 3. The summed E-state index contributed by atoms with van der Waals surface area (Å²) in [5, 5.41) is 6.94. The lowest BCUT2D eigenvalue weighted by Crippen LogP contribution is -2.36. The monoisotopic (exact) mass is 327 g/mol. The van der Waals surface area contributed by atoms with Crippen LogP contribution in [0.15, 0.2) is 36.4 Å². The Labute approximate surface area is 138 Å². The van der Waals surface area contributed by atoms with Gasteiger partial charge in [-0.15, -0.1) is 0 Å². The highest BCUT2D eigenvalue weighted by Crippen LogP contribution is 2.14. The largest absolute Gasteiger partial charge is 0.364 e. The zero-order valence-electron chi connectivity index (χ0n) is 13.1. The lowest BCUT2D eigenvalue weighted by Gasteiger charge is -2.11. The summed E-state index contributed by atoms with van der Waals surface area (Å²) in [6.07, 6.45) is 0.254. The molecule has 0 spiro atoms. The van der Waals surface area contributed by atoms with Crippen molar-refractivity contribution in [3.8, 4) is 5.69 Å². The van der Waals surface area contributed by atoms with Crippen LogP contribution in [0, 0.1) is 0 Å². The second-order valence-electron chi connectivity index (χ2n) is 5.68. The van der Waals surface area contributed by atoms with E-state index in [1.165, 1.54) is 10.7 Å². The van der Waals surface area contributed by atoms with Crippen molar-refractivity contribution in [2.24, 2.45) is 5.73 Å². The highest BCUT2D eigenvalue weighted by Gasteiger charge is 2.29. The Morgan fingerprint density at radius 3 is 2.58 bits per heavy atom. The number of nitrogens with zero attached hydrogens (tertiary/aromatic N) is 3. The van der Waals surface area contributed by atoms with Gasteiger partial charge in [0.05, 0.1) is 11.7 Å². The summed E-state index contributed by atoms with van der Waals surface area (Å²) in [4.78, 5) is 37.1. The first kappa shape index (κ1) is 15.7. The van der Waals surface area contributed by atoms with Gasteiger partial charge in [-0.1, -0.05) is 18.2 Å². The van der Waals surface area contributed by atoms with Crippen LogP contribution in [-0.4, -0.2) is 52.0 Å². The van der Waals surface area contributed by atoms with Crippen LogP contribution in [-0.2, 0) is 4.79 Å². The van der Waals surface area contributed by atoms with Crippen LogP contribution in [0.3, 0.4) is 0 Å². The van der Waals surface area contributed by atoms with Gasteiger partial charge in [-0.2, -0.15) is 5.10 Å². The zero-order chi connectivity index (χ0) is 17.3. The van der Waals surface area contributed by atoms with Gasteiger partial charge in [-0.25, -0.2) is 4.68 Å². The van der Waals surface area contributed by atoms with Crippen LogP contribution in [0.4, 0.5) is 0 Å². The summed E-state index contributed by atoms with van der Waals surface area (Å²) in [7, 11) is 1.68. The molecule has 2 heterocycles. The molecule has 8 nitrogen and oxygen atoms in total. The number of nitrogens with one attached hydrogen (secondary N) is 1. The lowest BCUT2D eigenvalue weighted by molar-refractivity contribution is -0.126. The third kappa shape index (κ3) is 2.98. The number of likely N-dealkylation sites (N-methyl/N-ethyl adjacent to an activating group) is 1. The summed E-state index contributed by atoms with van der Waals surface area (Å²) < 4.78 is 1.34. The van der Waals surface area contributed by atoms with Gasteiger partial charge in [0.25, 0.3) is 11.8 Å². The number of hydrogen-bond donors (Lipinski definition) is 2. The van der Waals surface area contributed by atoms with E-state index in [1.54, 1.807) is 36.2 Å². The maximum atomic E-state index is 12.4. The minimum Gasteiger partial charge on any atom is -0.364 e. The standard InChI is InChI=1S/C16H17N5O3/c1-20-9-10(7-14(20)22)18-16(24)12-8-13(15(17)23)21(19-12)11-5-3-2-4-6-11/h2-6,8,10H,7,9H2,1H3,(H2,17,23)(H,18,24). The Morgan fingerprint density at radius 2 is 2.00 bits per heavy atom. The van der Waals surface area contributed by atoms with Crippen molar-refractivity contribution in [2.75, 3.05) is 13.6 Å². The van der Waals surface area contributed by atoms with Crippen LogP contribution >= 0.6 is 0 Å². The minimum absolute atomic E-state index is 0.0204. The molecule has 0 saturated carbocycles. The second kappa shape index (κ2) is 6.15. The number of likely N-dealkylation sites (tertiary alicyclic amines) is 1. The van der Waals surface area contributed by atoms with E-state index in [0.29, 0.717) is 12.2 Å². The lowest BCUT2D eigenvalue weighted by atomic mass is 10.2. The van der Waals surface area contributed by atoms with E-state index in [4.69, 9.17) is 5.73 Å². The highest BCUT2D eigenvalue weighted by molar-refractivity contribution is 5.98. The molecule has 3 amide bonds. The maximum Gasteiger partial charge on any atom is 0.272 e. The van der Waals surface area contributed by atoms with Crippen molar-refractivity contribution in [1.29, 1.82) is 0 Å². The fourth-order valence-corrected chi connectivity index (χ4v) is 2.65. The van der Waals surface area contributed by atoms with Crippen LogP contribution in [0.25, 0.3) is 5.69 Å². The van der Waals surface area contributed by atoms with E-state index in [-0.39, 0.29) is 29.8 Å². The van der Waals surface area contributed by atoms with E-state index < -0.39 is 11.8 Å². The topological polar surface area (TPSA) is 110 Å². The fourth-order valence-electron chi connectivity index (χ4n) is 2.65. The summed E-state index contributed by atoms with van der Waals surface area (Å²) in [5.41, 5.74) is 6.20. The average Bonchev–Trinajstić information content (AvgIpc) is 3.13. The van der Waals surface area contributed by atoms with E-state index in [1.807, 2.05) is 6.07 Å². The third-order valence-corrected chi connectivity index (χ3v) is 3.87. The second-order valence-corrected chi connectivity index (χ2v) is 5.68. The molecule has 1 fully saturated rings. The van der Waals surface area contributed by atoms with Gasteiger partial charge in [0.15, 0.2) is 5.69 Å². The fraction of sp³-hybridized carbons (Fsp3) is 0.250. The van der Waals surface area contributed by atoms with Crippen molar-refractivity contribution >= 4 is 17.7 Å². The van der Waals surface area contributed by atoms with E-state index >= 15 is 0 Å². The molecule has 0 radical (unpaired) electrons. The first-order valence-electron chi connectivity index (χ1n) is 7.46. The van der Waals surface area contributed by atoms with Crippen LogP contribution < -0.4 is 11.1 Å². The number of aromatic nitrogens is 2. The van der Waals surface area contributed by atoms with Crippen molar-refractivity contribution < 1.29 is 14.4 Å². The zero-order valence-corrected chi connectivity index (χ0v) is 13.1. The number of hydrogen-bond acceptors (Lipinski definition) is 4. The molecular weight excluding hydrogens is 310 g/mol. The number of carbonyl (C=O) groups is 3. The number of amides is 3. The molecule has 8 heteroatoms. The first-order valence-corrected chi connectivity index (χ1v) is 7.46. The summed E-state index contributed by atoms with van der Waals surface area (Å²) >= 11 is 0. The molecule has 124 valence electrons. The average molecular weight is 327 g/mol. The molecule has 24 heavy (non-hydrogen) atoms. The predicted octanol–water partition coefficient (Wildman–Crippen LogP) is -0.0683. The molecule has 3 rings (SSSR count). The smallest absolute Gasteiger partial charge is 0.272 e. The Hall–Kier alpha value is -3.16. The SMILES string of the molecule is CN1CC(NC(=O)c2cc(C(N)=O)n(-c3ccccc3)n2)CC1=O.